The summed E-state index contributed by atoms with van der Waals surface area (Å²) in [6.45, 7) is 6.44. The minimum Gasteiger partial charge on any atom is -0.388 e. The highest BCUT2D eigenvalue weighted by atomic mass is 16.3. The van der Waals surface area contributed by atoms with Crippen molar-refractivity contribution in [2.45, 2.75) is 77.7 Å². The van der Waals surface area contributed by atoms with Gasteiger partial charge < -0.3 is 5.11 Å². The van der Waals surface area contributed by atoms with Gasteiger partial charge in [0.25, 0.3) is 0 Å². The summed E-state index contributed by atoms with van der Waals surface area (Å²) in [7, 11) is 0. The molecule has 0 bridgehead atoms. The van der Waals surface area contributed by atoms with Gasteiger partial charge in [-0.3, -0.25) is 0 Å². The molecule has 17 heavy (non-hydrogen) atoms. The lowest BCUT2D eigenvalue weighted by Gasteiger charge is -2.46. The summed E-state index contributed by atoms with van der Waals surface area (Å²) < 4.78 is 0. The summed E-state index contributed by atoms with van der Waals surface area (Å²) in [5.41, 5.74) is -1.24. The van der Waals surface area contributed by atoms with Crippen LogP contribution in [-0.2, 0) is 0 Å². The van der Waals surface area contributed by atoms with E-state index in [1.807, 2.05) is 0 Å². The molecule has 1 rings (SSSR count). The molecule has 0 heterocycles. The first-order chi connectivity index (χ1) is 8.03. The first-order valence-corrected chi connectivity index (χ1v) is 7.17. The Morgan fingerprint density at radius 3 is 2.06 bits per heavy atom. The topological polar surface area (TPSA) is 44.0 Å². The molecule has 2 heteroatoms. The van der Waals surface area contributed by atoms with Gasteiger partial charge in [0.2, 0.25) is 0 Å². The molecule has 1 aliphatic rings. The molecule has 2 nitrogen and oxygen atoms in total. The lowest BCUT2D eigenvalue weighted by Crippen LogP contribution is -2.49. The zero-order chi connectivity index (χ0) is 12.9. The summed E-state index contributed by atoms with van der Waals surface area (Å²) in [6.07, 6.45) is 7.37. The Labute approximate surface area is 106 Å². The van der Waals surface area contributed by atoms with Gasteiger partial charge in [-0.2, -0.15) is 5.26 Å². The Kier molecular flexibility index (Phi) is 5.01. The van der Waals surface area contributed by atoms with E-state index in [1.54, 1.807) is 0 Å². The van der Waals surface area contributed by atoms with E-state index in [-0.39, 0.29) is 0 Å². The second-order valence-electron chi connectivity index (χ2n) is 5.91. The molecule has 0 aliphatic heterocycles. The van der Waals surface area contributed by atoms with Crippen LogP contribution in [0.3, 0.4) is 0 Å². The third-order valence-corrected chi connectivity index (χ3v) is 4.56. The van der Waals surface area contributed by atoms with Crippen LogP contribution >= 0.6 is 0 Å². The molecule has 0 amide bonds. The van der Waals surface area contributed by atoms with Crippen molar-refractivity contribution in [2.75, 3.05) is 0 Å². The molecule has 0 aromatic carbocycles. The summed E-state index contributed by atoms with van der Waals surface area (Å²) in [5.74, 6) is 0.712. The Balaban J connectivity index is 2.92. The number of nitriles is 1. The van der Waals surface area contributed by atoms with Crippen LogP contribution in [-0.4, -0.2) is 10.7 Å². The van der Waals surface area contributed by atoms with E-state index in [4.69, 9.17) is 0 Å². The first-order valence-electron chi connectivity index (χ1n) is 7.17. The van der Waals surface area contributed by atoms with E-state index in [2.05, 4.69) is 26.8 Å². The molecule has 0 saturated heterocycles. The van der Waals surface area contributed by atoms with Crippen LogP contribution in [0.25, 0.3) is 0 Å². The maximum Gasteiger partial charge on any atom is 0.0860 e. The van der Waals surface area contributed by atoms with Gasteiger partial charge in [0.15, 0.2) is 0 Å². The van der Waals surface area contributed by atoms with Crippen molar-refractivity contribution in [3.63, 3.8) is 0 Å². The van der Waals surface area contributed by atoms with E-state index in [0.29, 0.717) is 5.92 Å². The summed E-state index contributed by atoms with van der Waals surface area (Å²) in [4.78, 5) is 0. The van der Waals surface area contributed by atoms with Gasteiger partial charge in [0.1, 0.15) is 0 Å². The standard InChI is InChI=1S/C15H27NO/c1-4-8-15(17,9-5-2)14(12-16)10-6-13(3)7-11-14/h13,17H,4-11H2,1-3H3. The molecule has 0 spiro atoms. The average molecular weight is 237 g/mol. The molecule has 0 radical (unpaired) electrons. The highest BCUT2D eigenvalue weighted by Gasteiger charge is 2.50. The van der Waals surface area contributed by atoms with Gasteiger partial charge in [-0.15, -0.1) is 0 Å². The molecular weight excluding hydrogens is 210 g/mol. The fourth-order valence-electron chi connectivity index (χ4n) is 3.37. The number of rotatable bonds is 5. The van der Waals surface area contributed by atoms with Gasteiger partial charge in [-0.05, 0) is 44.4 Å². The summed E-state index contributed by atoms with van der Waals surface area (Å²) in [5, 5.41) is 20.6. The monoisotopic (exact) mass is 237 g/mol. The van der Waals surface area contributed by atoms with E-state index >= 15 is 0 Å². The van der Waals surface area contributed by atoms with E-state index in [0.717, 1.165) is 51.4 Å². The Morgan fingerprint density at radius 2 is 1.71 bits per heavy atom. The van der Waals surface area contributed by atoms with Gasteiger partial charge in [-0.1, -0.05) is 33.6 Å². The molecular formula is C15H27NO. The first kappa shape index (κ1) is 14.5. The van der Waals surface area contributed by atoms with Crippen molar-refractivity contribution < 1.29 is 5.11 Å². The lowest BCUT2D eigenvalue weighted by molar-refractivity contribution is -0.0900. The quantitative estimate of drug-likeness (QED) is 0.784. The van der Waals surface area contributed by atoms with Crippen LogP contribution < -0.4 is 0 Å². The Bertz CT molecular complexity index is 265. The van der Waals surface area contributed by atoms with Crippen LogP contribution in [0.15, 0.2) is 0 Å². The number of aliphatic hydroxyl groups is 1. The van der Waals surface area contributed by atoms with Gasteiger partial charge in [-0.25, -0.2) is 0 Å². The minimum atomic E-state index is -0.759. The molecule has 1 aliphatic carbocycles. The fourth-order valence-corrected chi connectivity index (χ4v) is 3.37. The molecule has 1 N–H and O–H groups in total. The number of hydrogen-bond acceptors (Lipinski definition) is 2. The molecule has 1 fully saturated rings. The summed E-state index contributed by atoms with van der Waals surface area (Å²) >= 11 is 0. The van der Waals surface area contributed by atoms with Gasteiger partial charge >= 0.3 is 0 Å². The third kappa shape index (κ3) is 2.83. The minimum absolute atomic E-state index is 0.481. The van der Waals surface area contributed by atoms with Crippen molar-refractivity contribution >= 4 is 0 Å². The molecule has 98 valence electrons. The van der Waals surface area contributed by atoms with Crippen molar-refractivity contribution in [3.8, 4) is 6.07 Å². The fraction of sp³-hybridized carbons (Fsp3) is 0.933. The molecule has 0 atom stereocenters. The zero-order valence-corrected chi connectivity index (χ0v) is 11.6. The molecule has 1 saturated carbocycles. The lowest BCUT2D eigenvalue weighted by atomic mass is 9.60. The second-order valence-corrected chi connectivity index (χ2v) is 5.91. The third-order valence-electron chi connectivity index (χ3n) is 4.56. The number of hydrogen-bond donors (Lipinski definition) is 1. The Hall–Kier alpha value is -0.550. The molecule has 0 aromatic rings. The highest BCUT2D eigenvalue weighted by Crippen LogP contribution is 2.49. The predicted octanol–water partition coefficient (Wildman–Crippen LogP) is 4.04. The van der Waals surface area contributed by atoms with Crippen LogP contribution in [0.4, 0.5) is 0 Å². The van der Waals surface area contributed by atoms with Crippen molar-refractivity contribution in [1.29, 1.82) is 5.26 Å². The smallest absolute Gasteiger partial charge is 0.0860 e. The second kappa shape index (κ2) is 5.87. The van der Waals surface area contributed by atoms with Crippen molar-refractivity contribution in [1.82, 2.24) is 0 Å². The number of nitrogens with zero attached hydrogens (tertiary/aromatic N) is 1. The maximum absolute atomic E-state index is 11.0. The maximum atomic E-state index is 11.0. The van der Waals surface area contributed by atoms with Gasteiger partial charge in [0, 0.05) is 0 Å². The van der Waals surface area contributed by atoms with Crippen LogP contribution in [0.5, 0.6) is 0 Å². The highest BCUT2D eigenvalue weighted by molar-refractivity contribution is 5.12. The van der Waals surface area contributed by atoms with Crippen molar-refractivity contribution in [2.24, 2.45) is 11.3 Å². The normalized spacial score (nSPS) is 29.9. The Morgan fingerprint density at radius 1 is 1.24 bits per heavy atom. The van der Waals surface area contributed by atoms with Crippen molar-refractivity contribution in [3.05, 3.63) is 0 Å². The van der Waals surface area contributed by atoms with E-state index in [9.17, 15) is 10.4 Å². The van der Waals surface area contributed by atoms with Crippen LogP contribution in [0.2, 0.25) is 0 Å². The van der Waals surface area contributed by atoms with E-state index < -0.39 is 11.0 Å². The average Bonchev–Trinajstić information content (AvgIpc) is 2.31. The molecule has 0 unspecified atom stereocenters. The molecule has 0 aromatic heterocycles. The van der Waals surface area contributed by atoms with Crippen LogP contribution in [0, 0.1) is 22.7 Å². The zero-order valence-electron chi connectivity index (χ0n) is 11.6. The van der Waals surface area contributed by atoms with Gasteiger partial charge in [0.05, 0.1) is 17.1 Å². The van der Waals surface area contributed by atoms with E-state index in [1.165, 1.54) is 0 Å². The SMILES string of the molecule is CCCC(O)(CCC)C1(C#N)CCC(C)CC1. The summed E-state index contributed by atoms with van der Waals surface area (Å²) in [6, 6.07) is 2.50. The van der Waals surface area contributed by atoms with Crippen LogP contribution in [0.1, 0.15) is 72.1 Å². The predicted molar refractivity (Wildman–Crippen MR) is 70.4 cm³/mol. The largest absolute Gasteiger partial charge is 0.388 e.